The number of amides is 1. The van der Waals surface area contributed by atoms with Gasteiger partial charge < -0.3 is 15.2 Å². The van der Waals surface area contributed by atoms with E-state index in [0.29, 0.717) is 6.61 Å². The summed E-state index contributed by atoms with van der Waals surface area (Å²) >= 11 is 0. The molecular weight excluding hydrogens is 134 g/mol. The number of carbonyl (C=O) groups excluding carboxylic acids is 1. The van der Waals surface area contributed by atoms with Crippen molar-refractivity contribution in [3.05, 3.63) is 6.42 Å². The molecule has 0 saturated carbocycles. The lowest BCUT2D eigenvalue weighted by atomic mass is 10.2. The van der Waals surface area contributed by atoms with Gasteiger partial charge in [-0.2, -0.15) is 0 Å². The van der Waals surface area contributed by atoms with Crippen LogP contribution in [0.25, 0.3) is 0 Å². The number of nitrogens with two attached hydrogens (primary N) is 1. The monoisotopic (exact) mass is 146 g/mol. The largest absolute Gasteiger partial charge is 0.384 e. The molecule has 0 bridgehead atoms. The summed E-state index contributed by atoms with van der Waals surface area (Å²) in [5, 5.41) is 0. The maximum atomic E-state index is 10.4. The van der Waals surface area contributed by atoms with Crippen molar-refractivity contribution in [3.8, 4) is 0 Å². The Kier molecular flexibility index (Phi) is 4.88. The van der Waals surface area contributed by atoms with E-state index in [1.807, 2.05) is 0 Å². The van der Waals surface area contributed by atoms with E-state index in [9.17, 15) is 4.79 Å². The van der Waals surface area contributed by atoms with E-state index in [4.69, 9.17) is 10.5 Å². The Morgan fingerprint density at radius 1 is 1.70 bits per heavy atom. The van der Waals surface area contributed by atoms with E-state index in [1.165, 1.54) is 14.2 Å². The zero-order valence-electron chi connectivity index (χ0n) is 6.16. The fourth-order valence-electron chi connectivity index (χ4n) is 0.512. The molecular formula is C6H12NO3. The van der Waals surface area contributed by atoms with Crippen molar-refractivity contribution in [2.45, 2.75) is 6.10 Å². The van der Waals surface area contributed by atoms with Gasteiger partial charge in [-0.1, -0.05) is 0 Å². The molecule has 1 atom stereocenters. The molecule has 0 aliphatic rings. The molecule has 2 N–H and O–H groups in total. The molecule has 59 valence electrons. The Morgan fingerprint density at radius 3 is 2.60 bits per heavy atom. The van der Waals surface area contributed by atoms with Gasteiger partial charge in [0.15, 0.2) is 0 Å². The van der Waals surface area contributed by atoms with E-state index >= 15 is 0 Å². The molecule has 4 heteroatoms. The zero-order chi connectivity index (χ0) is 7.98. The van der Waals surface area contributed by atoms with Gasteiger partial charge in [0.05, 0.1) is 6.61 Å². The van der Waals surface area contributed by atoms with Crippen LogP contribution in [0, 0.1) is 6.42 Å². The summed E-state index contributed by atoms with van der Waals surface area (Å²) in [7, 11) is 2.95. The van der Waals surface area contributed by atoms with E-state index in [2.05, 4.69) is 4.74 Å². The Morgan fingerprint density at radius 2 is 2.30 bits per heavy atom. The maximum absolute atomic E-state index is 10.4. The first-order chi connectivity index (χ1) is 4.72. The van der Waals surface area contributed by atoms with Crippen LogP contribution < -0.4 is 5.73 Å². The first-order valence-electron chi connectivity index (χ1n) is 2.86. The average Bonchev–Trinajstić information content (AvgIpc) is 1.89. The molecule has 0 rings (SSSR count). The molecule has 0 heterocycles. The van der Waals surface area contributed by atoms with Crippen LogP contribution in [-0.2, 0) is 14.3 Å². The molecule has 10 heavy (non-hydrogen) atoms. The highest BCUT2D eigenvalue weighted by atomic mass is 16.5. The molecule has 4 nitrogen and oxygen atoms in total. The predicted octanol–water partition coefficient (Wildman–Crippen LogP) is -0.663. The van der Waals surface area contributed by atoms with Gasteiger partial charge in [0, 0.05) is 20.6 Å². The Labute approximate surface area is 60.3 Å². The molecule has 0 aromatic carbocycles. The van der Waals surface area contributed by atoms with E-state index in [0.717, 1.165) is 0 Å². The summed E-state index contributed by atoms with van der Waals surface area (Å²) in [5.74, 6) is -0.500. The lowest BCUT2D eigenvalue weighted by Crippen LogP contribution is -2.31. The van der Waals surface area contributed by atoms with Crippen LogP contribution in [0.15, 0.2) is 0 Å². The summed E-state index contributed by atoms with van der Waals surface area (Å²) in [6.45, 7) is 0.363. The summed E-state index contributed by atoms with van der Waals surface area (Å²) < 4.78 is 9.38. The number of hydrogen-bond donors (Lipinski definition) is 1. The zero-order valence-corrected chi connectivity index (χ0v) is 6.16. The van der Waals surface area contributed by atoms with Gasteiger partial charge in [0.1, 0.15) is 6.10 Å². The number of methoxy groups -OCH3 is 2. The normalized spacial score (nSPS) is 13.0. The minimum atomic E-state index is -0.639. The molecule has 0 aliphatic heterocycles. The second kappa shape index (κ2) is 5.20. The third-order valence-corrected chi connectivity index (χ3v) is 1.01. The average molecular weight is 146 g/mol. The molecule has 0 aromatic heterocycles. The van der Waals surface area contributed by atoms with E-state index in [1.54, 1.807) is 6.42 Å². The Balaban J connectivity index is 3.50. The predicted molar refractivity (Wildman–Crippen MR) is 36.2 cm³/mol. The fraction of sp³-hybridized carbons (Fsp3) is 0.667. The summed E-state index contributed by atoms with van der Waals surface area (Å²) in [4.78, 5) is 10.4. The van der Waals surface area contributed by atoms with Gasteiger partial charge >= 0.3 is 0 Å². The first kappa shape index (κ1) is 9.39. The number of carbonyl (C=O) groups is 1. The second-order valence-electron chi connectivity index (χ2n) is 1.75. The van der Waals surface area contributed by atoms with Crippen molar-refractivity contribution < 1.29 is 14.3 Å². The van der Waals surface area contributed by atoms with Crippen LogP contribution >= 0.6 is 0 Å². The van der Waals surface area contributed by atoms with Gasteiger partial charge in [-0.05, 0) is 0 Å². The molecule has 1 radical (unpaired) electrons. The third kappa shape index (κ3) is 3.42. The minimum absolute atomic E-state index is 0.363. The third-order valence-electron chi connectivity index (χ3n) is 1.01. The van der Waals surface area contributed by atoms with E-state index < -0.39 is 12.0 Å². The number of hydrogen-bond acceptors (Lipinski definition) is 3. The van der Waals surface area contributed by atoms with Crippen LogP contribution in [0.4, 0.5) is 0 Å². The molecule has 0 aromatic rings. The van der Waals surface area contributed by atoms with Crippen molar-refractivity contribution in [1.29, 1.82) is 0 Å². The molecule has 0 unspecified atom stereocenters. The second-order valence-corrected chi connectivity index (χ2v) is 1.75. The smallest absolute Gasteiger partial charge is 0.246 e. The van der Waals surface area contributed by atoms with Crippen LogP contribution in [0.1, 0.15) is 0 Å². The van der Waals surface area contributed by atoms with Gasteiger partial charge in [-0.3, -0.25) is 4.79 Å². The summed E-state index contributed by atoms with van der Waals surface area (Å²) in [6, 6.07) is 0. The standard InChI is InChI=1S/C6H12NO3/c1-9-4-3-5(10-2)6(7)8/h3,5H,4H2,1-2H3,(H2,7,8)/t5-/m0/s1. The van der Waals surface area contributed by atoms with Gasteiger partial charge in [-0.25, -0.2) is 0 Å². The van der Waals surface area contributed by atoms with Crippen molar-refractivity contribution in [2.24, 2.45) is 5.73 Å². The van der Waals surface area contributed by atoms with E-state index in [-0.39, 0.29) is 0 Å². The van der Waals surface area contributed by atoms with Crippen molar-refractivity contribution in [1.82, 2.24) is 0 Å². The highest BCUT2D eigenvalue weighted by Crippen LogP contribution is 1.93. The topological polar surface area (TPSA) is 61.6 Å². The molecule has 0 spiro atoms. The van der Waals surface area contributed by atoms with Crippen LogP contribution in [0.2, 0.25) is 0 Å². The van der Waals surface area contributed by atoms with Gasteiger partial charge in [0.2, 0.25) is 5.91 Å². The quantitative estimate of drug-likeness (QED) is 0.560. The highest BCUT2D eigenvalue weighted by molar-refractivity contribution is 5.80. The highest BCUT2D eigenvalue weighted by Gasteiger charge is 2.12. The van der Waals surface area contributed by atoms with Crippen LogP contribution in [0.5, 0.6) is 0 Å². The Bertz CT molecular complexity index is 105. The maximum Gasteiger partial charge on any atom is 0.246 e. The lowest BCUT2D eigenvalue weighted by Gasteiger charge is -2.08. The summed E-state index contributed by atoms with van der Waals surface area (Å²) in [5.41, 5.74) is 4.94. The van der Waals surface area contributed by atoms with Crippen molar-refractivity contribution in [2.75, 3.05) is 20.8 Å². The van der Waals surface area contributed by atoms with Crippen LogP contribution in [0.3, 0.4) is 0 Å². The van der Waals surface area contributed by atoms with Crippen LogP contribution in [-0.4, -0.2) is 32.8 Å². The number of rotatable bonds is 5. The number of primary amides is 1. The minimum Gasteiger partial charge on any atom is -0.384 e. The fourth-order valence-corrected chi connectivity index (χ4v) is 0.512. The van der Waals surface area contributed by atoms with Gasteiger partial charge in [0.25, 0.3) is 0 Å². The van der Waals surface area contributed by atoms with Gasteiger partial charge in [-0.15, -0.1) is 0 Å². The van der Waals surface area contributed by atoms with Crippen molar-refractivity contribution >= 4 is 5.91 Å². The lowest BCUT2D eigenvalue weighted by molar-refractivity contribution is -0.126. The first-order valence-corrected chi connectivity index (χ1v) is 2.86. The molecule has 1 amide bonds. The molecule has 0 fully saturated rings. The Hall–Kier alpha value is -0.610. The SMILES string of the molecule is COC[CH][C@H](OC)C(N)=O. The van der Waals surface area contributed by atoms with Crippen molar-refractivity contribution in [3.63, 3.8) is 0 Å². The summed E-state index contributed by atoms with van der Waals surface area (Å²) in [6.07, 6.45) is 0.919. The molecule has 0 aliphatic carbocycles. The molecule has 0 saturated heterocycles. The number of ether oxygens (including phenoxy) is 2.